The van der Waals surface area contributed by atoms with E-state index in [-0.39, 0.29) is 35.6 Å². The molecule has 0 radical (unpaired) electrons. The summed E-state index contributed by atoms with van der Waals surface area (Å²) in [6.45, 7) is 8.91. The molecule has 2 aromatic carbocycles. The first kappa shape index (κ1) is 34.9. The highest BCUT2D eigenvalue weighted by atomic mass is 35.5. The standard InChI is InChI=1S/C36H52ClN5O3/c1-5-31(39-34(43)26-15-13-25(14-16-26)23-38-29-17-19-42(4)20-18-29)35(44)41-33(21-24(2)3)36(45)40-32-12-7-6-11-30(32)27-9-8-10-28(37)22-27/h8-10,13-16,22,24,29-33,38H,5-7,11-12,17-21,23H2,1-4H3,(H,39,43)(H,40,45)(H,41,44)/t30-,31-,32+,33-/m0/s1. The van der Waals surface area contributed by atoms with Gasteiger partial charge in [0, 0.05) is 35.1 Å². The van der Waals surface area contributed by atoms with Gasteiger partial charge in [0.05, 0.1) is 0 Å². The van der Waals surface area contributed by atoms with E-state index in [1.807, 2.05) is 51.1 Å². The van der Waals surface area contributed by atoms with Crippen LogP contribution >= 0.6 is 11.6 Å². The van der Waals surface area contributed by atoms with Crippen molar-refractivity contribution in [2.75, 3.05) is 20.1 Å². The van der Waals surface area contributed by atoms with Gasteiger partial charge in [0.15, 0.2) is 0 Å². The monoisotopic (exact) mass is 637 g/mol. The van der Waals surface area contributed by atoms with E-state index in [1.54, 1.807) is 12.1 Å². The molecule has 9 heteroatoms. The molecule has 0 spiro atoms. The molecule has 4 N–H and O–H groups in total. The number of carbonyl (C=O) groups excluding carboxylic acids is 3. The van der Waals surface area contributed by atoms with Crippen molar-refractivity contribution >= 4 is 29.3 Å². The van der Waals surface area contributed by atoms with E-state index in [4.69, 9.17) is 11.6 Å². The zero-order valence-electron chi connectivity index (χ0n) is 27.4. The summed E-state index contributed by atoms with van der Waals surface area (Å²) in [5, 5.41) is 13.4. The summed E-state index contributed by atoms with van der Waals surface area (Å²) in [6, 6.07) is 14.5. The Kier molecular flexibility index (Phi) is 13.3. The van der Waals surface area contributed by atoms with Gasteiger partial charge in [-0.3, -0.25) is 14.4 Å². The molecule has 2 aliphatic rings. The SMILES string of the molecule is CC[C@H](NC(=O)c1ccc(CNC2CCN(C)CC2)cc1)C(=O)N[C@@H](CC(C)C)C(=O)N[C@@H]1CCCC[C@H]1c1cccc(Cl)c1. The first-order valence-electron chi connectivity index (χ1n) is 16.8. The maximum Gasteiger partial charge on any atom is 0.251 e. The molecule has 8 nitrogen and oxygen atoms in total. The molecule has 0 unspecified atom stereocenters. The van der Waals surface area contributed by atoms with Crippen LogP contribution in [0.4, 0.5) is 0 Å². The van der Waals surface area contributed by atoms with E-state index in [1.165, 1.54) is 0 Å². The number of nitrogens with zero attached hydrogens (tertiary/aromatic N) is 1. The number of carbonyl (C=O) groups is 3. The summed E-state index contributed by atoms with van der Waals surface area (Å²) in [4.78, 5) is 42.5. The summed E-state index contributed by atoms with van der Waals surface area (Å²) in [7, 11) is 2.16. The van der Waals surface area contributed by atoms with Gasteiger partial charge in [-0.05, 0) is 100.0 Å². The third-order valence-corrected chi connectivity index (χ3v) is 9.51. The Hall–Kier alpha value is -2.94. The lowest BCUT2D eigenvalue weighted by Gasteiger charge is -2.34. The topological polar surface area (TPSA) is 103 Å². The number of likely N-dealkylation sites (tertiary alicyclic amines) is 1. The fourth-order valence-electron chi connectivity index (χ4n) is 6.54. The summed E-state index contributed by atoms with van der Waals surface area (Å²) in [5.41, 5.74) is 2.76. The van der Waals surface area contributed by atoms with Gasteiger partial charge in [-0.25, -0.2) is 0 Å². The fourth-order valence-corrected chi connectivity index (χ4v) is 6.74. The first-order chi connectivity index (χ1) is 21.6. The number of hydrogen-bond donors (Lipinski definition) is 4. The molecular weight excluding hydrogens is 586 g/mol. The van der Waals surface area contributed by atoms with E-state index < -0.39 is 12.1 Å². The molecule has 246 valence electrons. The minimum absolute atomic E-state index is 0.0273. The van der Waals surface area contributed by atoms with E-state index in [2.05, 4.69) is 39.3 Å². The number of benzene rings is 2. The molecule has 0 bridgehead atoms. The Labute approximate surface area is 274 Å². The highest BCUT2D eigenvalue weighted by Crippen LogP contribution is 2.34. The quantitative estimate of drug-likeness (QED) is 0.235. The van der Waals surface area contributed by atoms with Crippen molar-refractivity contribution in [2.45, 2.75) is 109 Å². The lowest BCUT2D eigenvalue weighted by atomic mass is 9.80. The van der Waals surface area contributed by atoms with Crippen LogP contribution in [0.25, 0.3) is 0 Å². The minimum atomic E-state index is -0.750. The van der Waals surface area contributed by atoms with Crippen molar-refractivity contribution in [3.8, 4) is 0 Å². The number of rotatable bonds is 13. The number of hydrogen-bond acceptors (Lipinski definition) is 5. The zero-order chi connectivity index (χ0) is 32.3. The fraction of sp³-hybridized carbons (Fsp3) is 0.583. The molecule has 45 heavy (non-hydrogen) atoms. The lowest BCUT2D eigenvalue weighted by Crippen LogP contribution is -2.55. The predicted octanol–water partition coefficient (Wildman–Crippen LogP) is 5.41. The minimum Gasteiger partial charge on any atom is -0.351 e. The molecule has 0 aromatic heterocycles. The first-order valence-corrected chi connectivity index (χ1v) is 17.2. The van der Waals surface area contributed by atoms with Gasteiger partial charge < -0.3 is 26.2 Å². The van der Waals surface area contributed by atoms with Crippen molar-refractivity contribution in [3.05, 3.63) is 70.2 Å². The summed E-state index contributed by atoms with van der Waals surface area (Å²) in [5.74, 6) is -0.459. The van der Waals surface area contributed by atoms with Gasteiger partial charge in [-0.2, -0.15) is 0 Å². The third kappa shape index (κ3) is 10.5. The predicted molar refractivity (Wildman–Crippen MR) is 181 cm³/mol. The van der Waals surface area contributed by atoms with E-state index >= 15 is 0 Å². The average Bonchev–Trinajstić information content (AvgIpc) is 3.03. The summed E-state index contributed by atoms with van der Waals surface area (Å²) < 4.78 is 0. The van der Waals surface area contributed by atoms with Gasteiger partial charge in [0.25, 0.3) is 5.91 Å². The van der Waals surface area contributed by atoms with Crippen LogP contribution in [-0.2, 0) is 16.1 Å². The molecule has 4 rings (SSSR count). The van der Waals surface area contributed by atoms with Gasteiger partial charge in [0.1, 0.15) is 12.1 Å². The van der Waals surface area contributed by atoms with Crippen molar-refractivity contribution in [3.63, 3.8) is 0 Å². The molecule has 2 aromatic rings. The van der Waals surface area contributed by atoms with Gasteiger partial charge in [0.2, 0.25) is 11.8 Å². The molecule has 1 heterocycles. The Morgan fingerprint density at radius 1 is 0.911 bits per heavy atom. The van der Waals surface area contributed by atoms with Crippen molar-refractivity contribution < 1.29 is 14.4 Å². The van der Waals surface area contributed by atoms with Crippen LogP contribution < -0.4 is 21.3 Å². The Morgan fingerprint density at radius 3 is 2.29 bits per heavy atom. The molecule has 1 saturated carbocycles. The number of amides is 3. The normalized spacial score (nSPS) is 20.8. The maximum atomic E-state index is 13.6. The van der Waals surface area contributed by atoms with Gasteiger partial charge >= 0.3 is 0 Å². The molecule has 4 atom stereocenters. The zero-order valence-corrected chi connectivity index (χ0v) is 28.2. The Balaban J connectivity index is 1.33. The summed E-state index contributed by atoms with van der Waals surface area (Å²) in [6.07, 6.45) is 7.20. The van der Waals surface area contributed by atoms with Crippen LogP contribution in [0.15, 0.2) is 48.5 Å². The highest BCUT2D eigenvalue weighted by Gasteiger charge is 2.32. The van der Waals surface area contributed by atoms with Crippen LogP contribution in [-0.4, -0.2) is 66.9 Å². The average molecular weight is 638 g/mol. The van der Waals surface area contributed by atoms with Crippen molar-refractivity contribution in [1.29, 1.82) is 0 Å². The second-order valence-electron chi connectivity index (χ2n) is 13.3. The largest absolute Gasteiger partial charge is 0.351 e. The second kappa shape index (κ2) is 17.1. The van der Waals surface area contributed by atoms with Crippen LogP contribution in [0.5, 0.6) is 0 Å². The van der Waals surface area contributed by atoms with Crippen molar-refractivity contribution in [1.82, 2.24) is 26.2 Å². The molecule has 2 fully saturated rings. The molecule has 1 saturated heterocycles. The van der Waals surface area contributed by atoms with E-state index in [0.717, 1.165) is 69.3 Å². The van der Waals surface area contributed by atoms with E-state index in [9.17, 15) is 14.4 Å². The summed E-state index contributed by atoms with van der Waals surface area (Å²) >= 11 is 6.28. The van der Waals surface area contributed by atoms with Crippen LogP contribution in [0.2, 0.25) is 5.02 Å². The smallest absolute Gasteiger partial charge is 0.251 e. The highest BCUT2D eigenvalue weighted by molar-refractivity contribution is 6.30. The van der Waals surface area contributed by atoms with Gasteiger partial charge in [-0.1, -0.05) is 69.5 Å². The number of halogens is 1. The molecule has 1 aliphatic heterocycles. The van der Waals surface area contributed by atoms with Gasteiger partial charge in [-0.15, -0.1) is 0 Å². The Morgan fingerprint density at radius 2 is 1.62 bits per heavy atom. The van der Waals surface area contributed by atoms with Crippen LogP contribution in [0.3, 0.4) is 0 Å². The molecule has 1 aliphatic carbocycles. The molecular formula is C36H52ClN5O3. The number of piperidine rings is 1. The Bertz CT molecular complexity index is 1260. The maximum absolute atomic E-state index is 13.6. The second-order valence-corrected chi connectivity index (χ2v) is 13.8. The van der Waals surface area contributed by atoms with E-state index in [0.29, 0.717) is 29.5 Å². The van der Waals surface area contributed by atoms with Crippen LogP contribution in [0, 0.1) is 5.92 Å². The van der Waals surface area contributed by atoms with Crippen molar-refractivity contribution in [2.24, 2.45) is 5.92 Å². The van der Waals surface area contributed by atoms with Crippen LogP contribution in [0.1, 0.15) is 99.5 Å². The molecule has 3 amide bonds. The third-order valence-electron chi connectivity index (χ3n) is 9.27. The number of nitrogens with one attached hydrogen (secondary N) is 4. The lowest BCUT2D eigenvalue weighted by molar-refractivity contribution is -0.131.